The van der Waals surface area contributed by atoms with Crippen molar-refractivity contribution in [1.29, 1.82) is 0 Å². The molecule has 4 N–H and O–H groups in total. The average Bonchev–Trinajstić information content (AvgIpc) is 3.00. The third-order valence-electron chi connectivity index (χ3n) is 4.80. The number of amides is 4. The summed E-state index contributed by atoms with van der Waals surface area (Å²) in [7, 11) is 0. The fourth-order valence-corrected chi connectivity index (χ4v) is 2.76. The Balaban J connectivity index is -0.000000148. The molecule has 1 unspecified atom stereocenters. The molecule has 1 aliphatic heterocycles. The second-order valence-corrected chi connectivity index (χ2v) is 7.90. The molecule has 1 saturated heterocycles. The highest BCUT2D eigenvalue weighted by Crippen LogP contribution is 2.19. The van der Waals surface area contributed by atoms with E-state index in [-0.39, 0.29) is 39.7 Å². The van der Waals surface area contributed by atoms with E-state index in [1.807, 2.05) is 34.6 Å². The van der Waals surface area contributed by atoms with E-state index in [4.69, 9.17) is 5.73 Å². The summed E-state index contributed by atoms with van der Waals surface area (Å²) in [5, 5.41) is 5.19. The van der Waals surface area contributed by atoms with Crippen LogP contribution in [0, 0.1) is 11.8 Å². The van der Waals surface area contributed by atoms with Crippen molar-refractivity contribution >= 4 is 29.9 Å². The topological polar surface area (TPSA) is 139 Å². The first-order chi connectivity index (χ1) is 15.1. The molecule has 0 saturated carbocycles. The van der Waals surface area contributed by atoms with Gasteiger partial charge in [0.1, 0.15) is 12.3 Å². The lowest BCUT2D eigenvalue weighted by Crippen LogP contribution is -2.51. The maximum absolute atomic E-state index is 11.5. The predicted molar refractivity (Wildman–Crippen MR) is 132 cm³/mol. The molecule has 1 fully saturated rings. The van der Waals surface area contributed by atoms with E-state index < -0.39 is 12.1 Å². The van der Waals surface area contributed by atoms with Crippen molar-refractivity contribution in [2.75, 3.05) is 13.1 Å². The van der Waals surface area contributed by atoms with Crippen LogP contribution in [-0.2, 0) is 24.0 Å². The van der Waals surface area contributed by atoms with E-state index in [1.165, 1.54) is 4.90 Å². The Hall–Kier alpha value is -2.29. The first-order valence-corrected chi connectivity index (χ1v) is 11.7. The molecule has 9 nitrogen and oxygen atoms in total. The molecule has 0 radical (unpaired) electrons. The third kappa shape index (κ3) is 12.5. The lowest BCUT2D eigenvalue weighted by atomic mass is 10.0. The smallest absolute Gasteiger partial charge is 0.242 e. The van der Waals surface area contributed by atoms with Gasteiger partial charge in [0.05, 0.1) is 6.04 Å². The van der Waals surface area contributed by atoms with Crippen LogP contribution in [0.25, 0.3) is 0 Å². The van der Waals surface area contributed by atoms with Gasteiger partial charge in [-0.2, -0.15) is 0 Å². The summed E-state index contributed by atoms with van der Waals surface area (Å²) in [6.45, 7) is 14.0. The summed E-state index contributed by atoms with van der Waals surface area (Å²) < 4.78 is 0. The number of hydrogen-bond donors (Lipinski definition) is 3. The van der Waals surface area contributed by atoms with Gasteiger partial charge in [0, 0.05) is 36.1 Å². The molecule has 1 aliphatic rings. The van der Waals surface area contributed by atoms with Gasteiger partial charge in [0.15, 0.2) is 0 Å². The van der Waals surface area contributed by atoms with Crippen LogP contribution in [0.15, 0.2) is 0 Å². The third-order valence-corrected chi connectivity index (χ3v) is 4.80. The van der Waals surface area contributed by atoms with Gasteiger partial charge in [0.25, 0.3) is 0 Å². The Labute approximate surface area is 197 Å². The molecule has 192 valence electrons. The zero-order chi connectivity index (χ0) is 25.3. The Morgan fingerprint density at radius 1 is 1.16 bits per heavy atom. The van der Waals surface area contributed by atoms with Gasteiger partial charge in [-0.3, -0.25) is 24.1 Å². The Bertz CT molecular complexity index is 610. The number of nitrogens with zero attached hydrogens (tertiary/aromatic N) is 1. The van der Waals surface area contributed by atoms with Gasteiger partial charge in [0.2, 0.25) is 23.6 Å². The fourth-order valence-electron chi connectivity index (χ4n) is 2.76. The Morgan fingerprint density at radius 2 is 1.75 bits per heavy atom. The number of likely N-dealkylation sites (tertiary alicyclic amines) is 1. The lowest BCUT2D eigenvalue weighted by molar-refractivity contribution is -0.139. The van der Waals surface area contributed by atoms with Crippen molar-refractivity contribution in [3.63, 3.8) is 0 Å². The van der Waals surface area contributed by atoms with Gasteiger partial charge in [-0.05, 0) is 32.6 Å². The maximum atomic E-state index is 11.5. The molecule has 0 aromatic rings. The highest BCUT2D eigenvalue weighted by Gasteiger charge is 2.34. The van der Waals surface area contributed by atoms with Crippen molar-refractivity contribution in [1.82, 2.24) is 15.5 Å². The van der Waals surface area contributed by atoms with E-state index in [0.29, 0.717) is 25.9 Å². The van der Waals surface area contributed by atoms with Gasteiger partial charge >= 0.3 is 0 Å². The van der Waals surface area contributed by atoms with E-state index in [1.54, 1.807) is 13.8 Å². The standard InChI is InChI=1S/C11H17NO3.C10H21N3O2.C2H6.3H2/c1-9-8-10(14)12(11(9)15)6-4-2-3-5-7-13;1-5-12-9(14)7(4)13-10(15)8(11)6(2)3;1-2;;;/h7,9H,2-6,8H2,1H3;6-8H,5,11H2,1-4H3,(H,12,14)(H,13,15);1-2H3;3*1H/t;7-,8-;;;;/m.0..../s1. The minimum atomic E-state index is -0.568. The summed E-state index contributed by atoms with van der Waals surface area (Å²) in [5.41, 5.74) is 5.64. The molecule has 9 heteroatoms. The number of nitrogens with one attached hydrogen (secondary N) is 2. The van der Waals surface area contributed by atoms with Gasteiger partial charge in [-0.1, -0.05) is 41.0 Å². The quantitative estimate of drug-likeness (QED) is 0.245. The van der Waals surface area contributed by atoms with Crippen molar-refractivity contribution in [2.45, 2.75) is 92.7 Å². The number of imide groups is 1. The first kappa shape index (κ1) is 31.9. The molecule has 1 heterocycles. The summed E-state index contributed by atoms with van der Waals surface area (Å²) in [6, 6.07) is -1.11. The predicted octanol–water partition coefficient (Wildman–Crippen LogP) is 2.52. The SMILES string of the molecule is CC.CC1CC(=O)N(CCCCCC=O)C1=O.CCNC(=O)[C@H](C)NC(=O)[C@@H](N)C(C)C.[HH].[HH].[HH]. The molecule has 0 bridgehead atoms. The Morgan fingerprint density at radius 3 is 2.19 bits per heavy atom. The minimum absolute atomic E-state index is 0. The normalized spacial score (nSPS) is 16.9. The molecule has 0 spiro atoms. The average molecular weight is 463 g/mol. The number of unbranched alkanes of at least 4 members (excludes halogenated alkanes) is 3. The second kappa shape index (κ2) is 18.3. The fraction of sp³-hybridized carbons (Fsp3) is 0.783. The van der Waals surface area contributed by atoms with Crippen LogP contribution < -0.4 is 16.4 Å². The number of carbonyl (C=O) groups is 5. The Kier molecular flexibility index (Phi) is 18.2. The van der Waals surface area contributed by atoms with Crippen LogP contribution in [0.1, 0.15) is 84.9 Å². The summed E-state index contributed by atoms with van der Waals surface area (Å²) in [4.78, 5) is 57.0. The number of rotatable bonds is 11. The van der Waals surface area contributed by atoms with Crippen LogP contribution in [0.5, 0.6) is 0 Å². The lowest BCUT2D eigenvalue weighted by Gasteiger charge is -2.19. The molecular formula is C23H50N4O5. The van der Waals surface area contributed by atoms with Crippen LogP contribution in [0.4, 0.5) is 0 Å². The molecule has 4 amide bonds. The molecule has 3 atom stereocenters. The number of nitrogens with two attached hydrogens (primary N) is 1. The highest BCUT2D eigenvalue weighted by atomic mass is 16.2. The van der Waals surface area contributed by atoms with Crippen LogP contribution in [0.2, 0.25) is 0 Å². The van der Waals surface area contributed by atoms with Crippen LogP contribution in [-0.4, -0.2) is 60.0 Å². The highest BCUT2D eigenvalue weighted by molar-refractivity contribution is 6.03. The van der Waals surface area contributed by atoms with Crippen LogP contribution in [0.3, 0.4) is 0 Å². The van der Waals surface area contributed by atoms with Crippen molar-refractivity contribution < 1.29 is 28.3 Å². The molecule has 0 aromatic carbocycles. The van der Waals surface area contributed by atoms with Crippen molar-refractivity contribution in [3.05, 3.63) is 0 Å². The monoisotopic (exact) mass is 462 g/mol. The summed E-state index contributed by atoms with van der Waals surface area (Å²) in [6.07, 6.45) is 4.36. The van der Waals surface area contributed by atoms with Crippen LogP contribution >= 0.6 is 0 Å². The summed E-state index contributed by atoms with van der Waals surface area (Å²) in [5.74, 6) is -0.664. The molecular weight excluding hydrogens is 412 g/mol. The second-order valence-electron chi connectivity index (χ2n) is 7.90. The van der Waals surface area contributed by atoms with E-state index in [2.05, 4.69) is 10.6 Å². The van der Waals surface area contributed by atoms with E-state index in [0.717, 1.165) is 25.5 Å². The largest absolute Gasteiger partial charge is 0.355 e. The number of hydrogen-bond acceptors (Lipinski definition) is 6. The van der Waals surface area contributed by atoms with Crippen molar-refractivity contribution in [2.24, 2.45) is 17.6 Å². The number of carbonyl (C=O) groups excluding carboxylic acids is 5. The zero-order valence-electron chi connectivity index (χ0n) is 20.9. The minimum Gasteiger partial charge on any atom is -0.355 e. The van der Waals surface area contributed by atoms with Gasteiger partial charge < -0.3 is 21.2 Å². The first-order valence-electron chi connectivity index (χ1n) is 11.7. The van der Waals surface area contributed by atoms with Crippen molar-refractivity contribution in [3.8, 4) is 0 Å². The molecule has 1 rings (SSSR count). The number of likely N-dealkylation sites (N-methyl/N-ethyl adjacent to an activating group) is 1. The number of aldehydes is 1. The zero-order valence-corrected chi connectivity index (χ0v) is 20.9. The molecule has 32 heavy (non-hydrogen) atoms. The maximum Gasteiger partial charge on any atom is 0.242 e. The van der Waals surface area contributed by atoms with Gasteiger partial charge in [-0.15, -0.1) is 0 Å². The molecule has 0 aliphatic carbocycles. The molecule has 0 aromatic heterocycles. The van der Waals surface area contributed by atoms with E-state index >= 15 is 0 Å². The van der Waals surface area contributed by atoms with Gasteiger partial charge in [-0.25, -0.2) is 0 Å². The summed E-state index contributed by atoms with van der Waals surface area (Å²) >= 11 is 0. The van der Waals surface area contributed by atoms with E-state index in [9.17, 15) is 24.0 Å².